The van der Waals surface area contributed by atoms with Gasteiger partial charge in [0, 0.05) is 17.6 Å². The molecule has 1 aliphatic carbocycles. The molecular weight excluding hydrogens is 168 g/mol. The summed E-state index contributed by atoms with van der Waals surface area (Å²) in [6.45, 7) is 3.52. The van der Waals surface area contributed by atoms with Crippen LogP contribution in [0.5, 0.6) is 0 Å². The van der Waals surface area contributed by atoms with Crippen LogP contribution in [0.25, 0.3) is 0 Å². The summed E-state index contributed by atoms with van der Waals surface area (Å²) in [6.07, 6.45) is 2.05. The highest BCUT2D eigenvalue weighted by Gasteiger charge is 2.23. The molecule has 0 aromatic heterocycles. The van der Waals surface area contributed by atoms with E-state index in [-0.39, 0.29) is 11.4 Å². The van der Waals surface area contributed by atoms with E-state index in [9.17, 15) is 9.59 Å². The van der Waals surface area contributed by atoms with Gasteiger partial charge in [-0.1, -0.05) is 6.92 Å². The molecule has 3 nitrogen and oxygen atoms in total. The van der Waals surface area contributed by atoms with Gasteiger partial charge in [0.15, 0.2) is 5.78 Å². The second-order valence-electron chi connectivity index (χ2n) is 3.68. The van der Waals surface area contributed by atoms with Gasteiger partial charge >= 0.3 is 5.97 Å². The molecule has 1 atom stereocenters. The number of ketones is 1. The fraction of sp³-hybridized carbons (Fsp3) is 0.600. The Hall–Kier alpha value is -1.12. The van der Waals surface area contributed by atoms with Crippen LogP contribution in [0.4, 0.5) is 0 Å². The van der Waals surface area contributed by atoms with Crippen LogP contribution in [0, 0.1) is 5.92 Å². The molecule has 1 unspecified atom stereocenters. The number of hydrogen-bond acceptors (Lipinski definition) is 2. The molecule has 1 aliphatic rings. The molecule has 0 aromatic carbocycles. The smallest absolute Gasteiger partial charge is 0.331 e. The fourth-order valence-corrected chi connectivity index (χ4v) is 1.60. The largest absolute Gasteiger partial charge is 0.478 e. The summed E-state index contributed by atoms with van der Waals surface area (Å²) in [5.74, 6) is -0.561. The van der Waals surface area contributed by atoms with Crippen LogP contribution in [0.2, 0.25) is 0 Å². The Morgan fingerprint density at radius 3 is 2.62 bits per heavy atom. The number of allylic oxidation sites excluding steroid dienone is 1. The van der Waals surface area contributed by atoms with Gasteiger partial charge in [-0.3, -0.25) is 4.79 Å². The predicted octanol–water partition coefficient (Wildman–Crippen LogP) is 1.78. The Labute approximate surface area is 77.4 Å². The van der Waals surface area contributed by atoms with E-state index < -0.39 is 5.97 Å². The third-order valence-corrected chi connectivity index (χ3v) is 2.53. The molecule has 1 rings (SSSR count). The van der Waals surface area contributed by atoms with Gasteiger partial charge in [-0.2, -0.15) is 0 Å². The van der Waals surface area contributed by atoms with Crippen molar-refractivity contribution in [3.05, 3.63) is 11.1 Å². The van der Waals surface area contributed by atoms with Gasteiger partial charge in [0.1, 0.15) is 0 Å². The van der Waals surface area contributed by atoms with E-state index in [1.165, 1.54) is 6.92 Å². The van der Waals surface area contributed by atoms with Crippen molar-refractivity contribution in [3.63, 3.8) is 0 Å². The Morgan fingerprint density at radius 2 is 2.15 bits per heavy atom. The molecule has 0 saturated heterocycles. The van der Waals surface area contributed by atoms with Gasteiger partial charge in [0.2, 0.25) is 0 Å². The lowest BCUT2D eigenvalue weighted by Gasteiger charge is -2.19. The molecule has 3 heteroatoms. The minimum Gasteiger partial charge on any atom is -0.478 e. The van der Waals surface area contributed by atoms with E-state index >= 15 is 0 Å². The van der Waals surface area contributed by atoms with E-state index in [0.717, 1.165) is 6.42 Å². The molecule has 0 amide bonds. The van der Waals surface area contributed by atoms with Gasteiger partial charge in [0.25, 0.3) is 0 Å². The average Bonchev–Trinajstić information content (AvgIpc) is 2.03. The number of carboxylic acids is 1. The number of aliphatic carboxylic acids is 1. The zero-order valence-electron chi connectivity index (χ0n) is 7.96. The van der Waals surface area contributed by atoms with Crippen molar-refractivity contribution in [2.45, 2.75) is 33.1 Å². The van der Waals surface area contributed by atoms with Crippen molar-refractivity contribution in [2.24, 2.45) is 5.92 Å². The molecule has 1 fully saturated rings. The summed E-state index contributed by atoms with van der Waals surface area (Å²) in [7, 11) is 0. The third-order valence-electron chi connectivity index (χ3n) is 2.53. The van der Waals surface area contributed by atoms with Crippen LogP contribution in [0.1, 0.15) is 33.1 Å². The zero-order chi connectivity index (χ0) is 10.0. The van der Waals surface area contributed by atoms with E-state index in [1.807, 2.05) is 6.92 Å². The summed E-state index contributed by atoms with van der Waals surface area (Å²) < 4.78 is 0. The van der Waals surface area contributed by atoms with Crippen LogP contribution in [-0.2, 0) is 9.59 Å². The number of carbonyl (C=O) groups is 2. The van der Waals surface area contributed by atoms with Crippen molar-refractivity contribution in [3.8, 4) is 0 Å². The van der Waals surface area contributed by atoms with Gasteiger partial charge < -0.3 is 5.11 Å². The Kier molecular flexibility index (Phi) is 2.86. The molecule has 0 bridgehead atoms. The minimum absolute atomic E-state index is 0.0126. The molecule has 0 aromatic rings. The molecule has 0 aliphatic heterocycles. The molecule has 1 N–H and O–H groups in total. The summed E-state index contributed by atoms with van der Waals surface area (Å²) in [5.41, 5.74) is 0.738. The van der Waals surface area contributed by atoms with Crippen molar-refractivity contribution in [1.29, 1.82) is 0 Å². The molecule has 13 heavy (non-hydrogen) atoms. The maximum Gasteiger partial charge on any atom is 0.331 e. The monoisotopic (exact) mass is 182 g/mol. The molecular formula is C10H14O3. The molecule has 72 valence electrons. The number of carboxylic acid groups (broad SMARTS) is 1. The van der Waals surface area contributed by atoms with Crippen molar-refractivity contribution in [1.82, 2.24) is 0 Å². The van der Waals surface area contributed by atoms with Crippen LogP contribution < -0.4 is 0 Å². The first-order chi connectivity index (χ1) is 6.02. The number of Topliss-reactive ketones (excluding diaryl/α,β-unsaturated/α-hetero) is 1. The topological polar surface area (TPSA) is 54.4 Å². The zero-order valence-corrected chi connectivity index (χ0v) is 7.96. The van der Waals surface area contributed by atoms with Gasteiger partial charge in [0.05, 0.1) is 0 Å². The normalized spacial score (nSPS) is 27.2. The summed E-state index contributed by atoms with van der Waals surface area (Å²) >= 11 is 0. The lowest BCUT2D eigenvalue weighted by Crippen LogP contribution is -2.18. The van der Waals surface area contributed by atoms with E-state index in [2.05, 4.69) is 0 Å². The number of rotatable bonds is 1. The van der Waals surface area contributed by atoms with Gasteiger partial charge in [-0.05, 0) is 25.7 Å². The summed E-state index contributed by atoms with van der Waals surface area (Å²) in [5, 5.41) is 8.71. The molecule has 0 radical (unpaired) electrons. The van der Waals surface area contributed by atoms with Crippen molar-refractivity contribution < 1.29 is 14.7 Å². The lowest BCUT2D eigenvalue weighted by molar-refractivity contribution is -0.133. The highest BCUT2D eigenvalue weighted by atomic mass is 16.4. The summed E-state index contributed by atoms with van der Waals surface area (Å²) in [6, 6.07) is 0. The highest BCUT2D eigenvalue weighted by Crippen LogP contribution is 2.27. The standard InChI is InChI=1S/C10H14O3/c1-6-3-4-8(9(11)5-6)7(2)10(12)13/h6H,3-5H2,1-2H3,(H,12,13)/b8-7+. The van der Waals surface area contributed by atoms with E-state index in [0.29, 0.717) is 24.3 Å². The third kappa shape index (κ3) is 2.17. The SMILES string of the molecule is C/C(C(=O)O)=C1/CCC(C)CC1=O. The van der Waals surface area contributed by atoms with Crippen LogP contribution >= 0.6 is 0 Å². The second kappa shape index (κ2) is 3.73. The lowest BCUT2D eigenvalue weighted by atomic mass is 9.84. The average molecular weight is 182 g/mol. The van der Waals surface area contributed by atoms with Crippen LogP contribution in [0.3, 0.4) is 0 Å². The van der Waals surface area contributed by atoms with Crippen molar-refractivity contribution in [2.75, 3.05) is 0 Å². The Morgan fingerprint density at radius 1 is 1.54 bits per heavy atom. The minimum atomic E-state index is -0.974. The first-order valence-corrected chi connectivity index (χ1v) is 4.48. The first-order valence-electron chi connectivity index (χ1n) is 4.48. The maximum absolute atomic E-state index is 11.4. The molecule has 0 spiro atoms. The first kappa shape index (κ1) is 9.96. The number of carbonyl (C=O) groups excluding carboxylic acids is 1. The second-order valence-corrected chi connectivity index (χ2v) is 3.68. The highest BCUT2D eigenvalue weighted by molar-refractivity contribution is 6.03. The maximum atomic E-state index is 11.4. The molecule has 1 saturated carbocycles. The Balaban J connectivity index is 2.88. The number of hydrogen-bond donors (Lipinski definition) is 1. The van der Waals surface area contributed by atoms with E-state index in [1.54, 1.807) is 0 Å². The van der Waals surface area contributed by atoms with Crippen LogP contribution in [-0.4, -0.2) is 16.9 Å². The fourth-order valence-electron chi connectivity index (χ4n) is 1.60. The van der Waals surface area contributed by atoms with Gasteiger partial charge in [-0.15, -0.1) is 0 Å². The quantitative estimate of drug-likeness (QED) is 0.629. The summed E-state index contributed by atoms with van der Waals surface area (Å²) in [4.78, 5) is 22.0. The molecule has 0 heterocycles. The van der Waals surface area contributed by atoms with Gasteiger partial charge in [-0.25, -0.2) is 4.79 Å². The van der Waals surface area contributed by atoms with Crippen molar-refractivity contribution >= 4 is 11.8 Å². The van der Waals surface area contributed by atoms with E-state index in [4.69, 9.17) is 5.11 Å². The predicted molar refractivity (Wildman–Crippen MR) is 48.4 cm³/mol. The van der Waals surface area contributed by atoms with Crippen LogP contribution in [0.15, 0.2) is 11.1 Å². The Bertz CT molecular complexity index is 276.